The molecule has 1 radical (unpaired) electrons. The van der Waals surface area contributed by atoms with E-state index in [2.05, 4.69) is 62.2 Å². The molecule has 17 heavy (non-hydrogen) atoms. The van der Waals surface area contributed by atoms with Gasteiger partial charge < -0.3 is 0 Å². The van der Waals surface area contributed by atoms with Crippen LogP contribution >= 0.6 is 0 Å². The third-order valence-corrected chi connectivity index (χ3v) is 4.14. The lowest BCUT2D eigenvalue weighted by atomic mass is 10.2. The minimum absolute atomic E-state index is 0.392. The predicted molar refractivity (Wildman–Crippen MR) is 79.9 cm³/mol. The van der Waals surface area contributed by atoms with Gasteiger partial charge in [0.25, 0.3) is 0 Å². The van der Waals surface area contributed by atoms with E-state index < -0.39 is 8.80 Å². The number of allylic oxidation sites excluding steroid dienone is 1. The second-order valence-electron chi connectivity index (χ2n) is 4.35. The molecule has 89 valence electrons. The maximum atomic E-state index is 3.18. The standard InChI is InChI=1S/C16H21Si/c1-4-5-6-7-8-9-12-15-13-10-11-14-16(15)17(2)3/h9-14H,4-6H2,1-3H3/b12-9+. The summed E-state index contributed by atoms with van der Waals surface area (Å²) in [5, 5.41) is 1.49. The van der Waals surface area contributed by atoms with Gasteiger partial charge in [-0.25, -0.2) is 0 Å². The van der Waals surface area contributed by atoms with E-state index in [1.165, 1.54) is 23.6 Å². The minimum atomic E-state index is -0.392. The van der Waals surface area contributed by atoms with E-state index in [9.17, 15) is 0 Å². The summed E-state index contributed by atoms with van der Waals surface area (Å²) in [6, 6.07) is 8.63. The van der Waals surface area contributed by atoms with Gasteiger partial charge in [0.2, 0.25) is 0 Å². The summed E-state index contributed by atoms with van der Waals surface area (Å²) in [6.07, 6.45) is 7.57. The Bertz CT molecular complexity index is 419. The van der Waals surface area contributed by atoms with Gasteiger partial charge in [0.15, 0.2) is 0 Å². The summed E-state index contributed by atoms with van der Waals surface area (Å²) >= 11 is 0. The molecule has 0 fully saturated rings. The molecule has 0 amide bonds. The lowest BCUT2D eigenvalue weighted by molar-refractivity contribution is 0.828. The van der Waals surface area contributed by atoms with E-state index in [4.69, 9.17) is 0 Å². The van der Waals surface area contributed by atoms with Crippen LogP contribution in [0.5, 0.6) is 0 Å². The fourth-order valence-electron chi connectivity index (χ4n) is 1.63. The molecular weight excluding hydrogens is 220 g/mol. The van der Waals surface area contributed by atoms with Crippen molar-refractivity contribution >= 4 is 20.1 Å². The van der Waals surface area contributed by atoms with Crippen LogP contribution in [0, 0.1) is 11.8 Å². The molecule has 1 aromatic rings. The Hall–Kier alpha value is -1.26. The highest BCUT2D eigenvalue weighted by Crippen LogP contribution is 2.01. The van der Waals surface area contributed by atoms with Gasteiger partial charge in [0, 0.05) is 6.42 Å². The zero-order valence-electron chi connectivity index (χ0n) is 11.1. The highest BCUT2D eigenvalue weighted by atomic mass is 28.3. The van der Waals surface area contributed by atoms with E-state index in [1.54, 1.807) is 0 Å². The third kappa shape index (κ3) is 5.06. The average Bonchev–Trinajstić information content (AvgIpc) is 2.34. The molecule has 0 N–H and O–H groups in total. The first kappa shape index (κ1) is 13.8. The Balaban J connectivity index is 2.67. The quantitative estimate of drug-likeness (QED) is 0.427. The van der Waals surface area contributed by atoms with Gasteiger partial charge in [-0.2, -0.15) is 0 Å². The molecule has 0 aliphatic heterocycles. The third-order valence-electron chi connectivity index (χ3n) is 2.60. The predicted octanol–water partition coefficient (Wildman–Crippen LogP) is 3.85. The van der Waals surface area contributed by atoms with Crippen LogP contribution in [-0.4, -0.2) is 8.80 Å². The molecular formula is C16H21Si. The number of hydrogen-bond acceptors (Lipinski definition) is 0. The SMILES string of the molecule is CCCCC#C/C=C/c1ccccc1[Si](C)C. The van der Waals surface area contributed by atoms with Crippen molar-refractivity contribution in [2.24, 2.45) is 0 Å². The molecule has 0 unspecified atom stereocenters. The first-order valence-electron chi connectivity index (χ1n) is 6.30. The number of unbranched alkanes of at least 4 members (excludes halogenated alkanes) is 2. The fourth-order valence-corrected chi connectivity index (χ4v) is 2.80. The van der Waals surface area contributed by atoms with E-state index >= 15 is 0 Å². The van der Waals surface area contributed by atoms with Crippen LogP contribution in [0.25, 0.3) is 6.08 Å². The maximum Gasteiger partial charge on any atom is 0.0799 e. The van der Waals surface area contributed by atoms with E-state index in [0.717, 1.165) is 6.42 Å². The van der Waals surface area contributed by atoms with Crippen molar-refractivity contribution in [2.45, 2.75) is 39.3 Å². The highest BCUT2D eigenvalue weighted by molar-refractivity contribution is 6.71. The van der Waals surface area contributed by atoms with Crippen molar-refractivity contribution in [1.82, 2.24) is 0 Å². The molecule has 0 saturated heterocycles. The molecule has 0 spiro atoms. The van der Waals surface area contributed by atoms with Gasteiger partial charge in [0.05, 0.1) is 8.80 Å². The Morgan fingerprint density at radius 3 is 2.71 bits per heavy atom. The van der Waals surface area contributed by atoms with Gasteiger partial charge in [-0.05, 0) is 24.1 Å². The average molecular weight is 241 g/mol. The van der Waals surface area contributed by atoms with Crippen molar-refractivity contribution in [3.8, 4) is 11.8 Å². The van der Waals surface area contributed by atoms with Crippen molar-refractivity contribution in [2.75, 3.05) is 0 Å². The van der Waals surface area contributed by atoms with Gasteiger partial charge in [-0.3, -0.25) is 0 Å². The minimum Gasteiger partial charge on any atom is -0.0985 e. The lowest BCUT2D eigenvalue weighted by Crippen LogP contribution is -2.24. The summed E-state index contributed by atoms with van der Waals surface area (Å²) in [4.78, 5) is 0. The molecule has 0 aromatic heterocycles. The van der Waals surface area contributed by atoms with E-state index in [0.29, 0.717) is 0 Å². The first-order valence-corrected chi connectivity index (χ1v) is 8.80. The molecule has 0 aliphatic rings. The van der Waals surface area contributed by atoms with Crippen LogP contribution in [0.2, 0.25) is 13.1 Å². The zero-order valence-corrected chi connectivity index (χ0v) is 12.1. The van der Waals surface area contributed by atoms with Crippen LogP contribution in [0.1, 0.15) is 31.7 Å². The van der Waals surface area contributed by atoms with Crippen molar-refractivity contribution < 1.29 is 0 Å². The Morgan fingerprint density at radius 1 is 1.24 bits per heavy atom. The van der Waals surface area contributed by atoms with Crippen molar-refractivity contribution in [3.63, 3.8) is 0 Å². The van der Waals surface area contributed by atoms with Crippen LogP contribution in [0.4, 0.5) is 0 Å². The van der Waals surface area contributed by atoms with Gasteiger partial charge >= 0.3 is 0 Å². The van der Waals surface area contributed by atoms with Gasteiger partial charge in [-0.15, -0.1) is 0 Å². The summed E-state index contributed by atoms with van der Waals surface area (Å²) in [7, 11) is -0.392. The fraction of sp³-hybridized carbons (Fsp3) is 0.375. The molecule has 0 bridgehead atoms. The Morgan fingerprint density at radius 2 is 2.00 bits per heavy atom. The van der Waals surface area contributed by atoms with Gasteiger partial charge in [-0.1, -0.05) is 67.7 Å². The zero-order chi connectivity index (χ0) is 12.5. The summed E-state index contributed by atoms with van der Waals surface area (Å²) in [6.45, 7) is 6.84. The van der Waals surface area contributed by atoms with E-state index in [1.807, 2.05) is 6.08 Å². The van der Waals surface area contributed by atoms with Crippen LogP contribution in [0.3, 0.4) is 0 Å². The highest BCUT2D eigenvalue weighted by Gasteiger charge is 2.03. The molecule has 1 rings (SSSR count). The van der Waals surface area contributed by atoms with Gasteiger partial charge in [0.1, 0.15) is 0 Å². The second-order valence-corrected chi connectivity index (χ2v) is 6.88. The largest absolute Gasteiger partial charge is 0.0985 e. The molecule has 0 saturated carbocycles. The molecule has 0 nitrogen and oxygen atoms in total. The lowest BCUT2D eigenvalue weighted by Gasteiger charge is -2.06. The molecule has 1 aromatic carbocycles. The van der Waals surface area contributed by atoms with Crippen molar-refractivity contribution in [3.05, 3.63) is 35.9 Å². The summed E-state index contributed by atoms with van der Waals surface area (Å²) < 4.78 is 0. The number of rotatable bonds is 4. The molecule has 1 heteroatoms. The monoisotopic (exact) mass is 241 g/mol. The molecule has 0 heterocycles. The molecule has 0 atom stereocenters. The Labute approximate surface area is 107 Å². The van der Waals surface area contributed by atoms with E-state index in [-0.39, 0.29) is 0 Å². The van der Waals surface area contributed by atoms with Crippen LogP contribution in [-0.2, 0) is 0 Å². The normalized spacial score (nSPS) is 10.6. The topological polar surface area (TPSA) is 0 Å². The second kappa shape index (κ2) is 7.92. The van der Waals surface area contributed by atoms with Crippen LogP contribution in [0.15, 0.2) is 30.3 Å². The molecule has 0 aliphatic carbocycles. The Kier molecular flexibility index (Phi) is 6.43. The maximum absolute atomic E-state index is 3.18. The van der Waals surface area contributed by atoms with Crippen LogP contribution < -0.4 is 5.19 Å². The number of hydrogen-bond donors (Lipinski definition) is 0. The smallest absolute Gasteiger partial charge is 0.0799 e. The van der Waals surface area contributed by atoms with Crippen molar-refractivity contribution in [1.29, 1.82) is 0 Å². The first-order chi connectivity index (χ1) is 8.25. The summed E-state index contributed by atoms with van der Waals surface area (Å²) in [5.74, 6) is 6.29. The number of benzene rings is 1. The summed E-state index contributed by atoms with van der Waals surface area (Å²) in [5.41, 5.74) is 1.33.